The third-order valence-electron chi connectivity index (χ3n) is 2.53. The van der Waals surface area contributed by atoms with E-state index < -0.39 is 5.97 Å². The zero-order valence-electron chi connectivity index (χ0n) is 10.1. The van der Waals surface area contributed by atoms with Crippen LogP contribution in [0.1, 0.15) is 22.3 Å². The number of rotatable bonds is 5. The monoisotopic (exact) mass is 265 g/mol. The van der Waals surface area contributed by atoms with E-state index >= 15 is 0 Å². The molecule has 0 aliphatic rings. The van der Waals surface area contributed by atoms with E-state index in [2.05, 4.69) is 11.1 Å². The number of nitrogens with zero attached hydrogens (tertiary/aromatic N) is 2. The summed E-state index contributed by atoms with van der Waals surface area (Å²) in [7, 11) is 0. The quantitative estimate of drug-likeness (QED) is 0.839. The van der Waals surface area contributed by atoms with E-state index in [1.807, 2.05) is 11.4 Å². The number of carbonyl (C=O) groups is 1. The molecule has 5 nitrogen and oxygen atoms in total. The minimum atomic E-state index is -0.468. The van der Waals surface area contributed by atoms with Crippen LogP contribution < -0.4 is 5.73 Å². The molecule has 0 aromatic carbocycles. The first-order chi connectivity index (χ1) is 8.72. The highest BCUT2D eigenvalue weighted by molar-refractivity contribution is 7.09. The SMILES string of the molecule is CCOC(=O)c1ncn(CCc2cccs2)c1N. The fourth-order valence-electron chi connectivity index (χ4n) is 1.61. The summed E-state index contributed by atoms with van der Waals surface area (Å²) in [5.41, 5.74) is 6.07. The van der Waals surface area contributed by atoms with Crippen molar-refractivity contribution in [3.05, 3.63) is 34.4 Å². The molecule has 2 rings (SSSR count). The molecule has 0 amide bonds. The molecule has 0 saturated heterocycles. The van der Waals surface area contributed by atoms with E-state index in [1.165, 1.54) is 4.88 Å². The van der Waals surface area contributed by atoms with Gasteiger partial charge in [0.1, 0.15) is 5.82 Å². The topological polar surface area (TPSA) is 70.1 Å². The molecule has 0 bridgehead atoms. The molecule has 96 valence electrons. The van der Waals surface area contributed by atoms with Crippen molar-refractivity contribution in [2.45, 2.75) is 19.9 Å². The Morgan fingerprint density at radius 3 is 3.11 bits per heavy atom. The number of nitrogen functional groups attached to an aromatic ring is 1. The molecule has 6 heteroatoms. The number of nitrogens with two attached hydrogens (primary N) is 1. The average Bonchev–Trinajstić information content (AvgIpc) is 2.96. The van der Waals surface area contributed by atoms with Crippen LogP contribution in [0.3, 0.4) is 0 Å². The normalized spacial score (nSPS) is 10.5. The van der Waals surface area contributed by atoms with Crippen molar-refractivity contribution in [1.29, 1.82) is 0 Å². The zero-order chi connectivity index (χ0) is 13.0. The van der Waals surface area contributed by atoms with Gasteiger partial charge < -0.3 is 15.0 Å². The van der Waals surface area contributed by atoms with Gasteiger partial charge in [-0.3, -0.25) is 0 Å². The highest BCUT2D eigenvalue weighted by Crippen LogP contribution is 2.15. The Balaban J connectivity index is 2.04. The van der Waals surface area contributed by atoms with Gasteiger partial charge in [-0.05, 0) is 24.8 Å². The van der Waals surface area contributed by atoms with Crippen molar-refractivity contribution in [1.82, 2.24) is 9.55 Å². The van der Waals surface area contributed by atoms with Crippen LogP contribution in [-0.2, 0) is 17.7 Å². The van der Waals surface area contributed by atoms with Gasteiger partial charge in [-0.15, -0.1) is 11.3 Å². The van der Waals surface area contributed by atoms with E-state index in [9.17, 15) is 4.79 Å². The van der Waals surface area contributed by atoms with Crippen LogP contribution >= 0.6 is 11.3 Å². The predicted molar refractivity (Wildman–Crippen MR) is 70.6 cm³/mol. The second kappa shape index (κ2) is 5.68. The number of anilines is 1. The first-order valence-electron chi connectivity index (χ1n) is 5.72. The number of hydrogen-bond donors (Lipinski definition) is 1. The lowest BCUT2D eigenvalue weighted by molar-refractivity contribution is 0.0521. The van der Waals surface area contributed by atoms with Gasteiger partial charge >= 0.3 is 5.97 Å². The van der Waals surface area contributed by atoms with Crippen LogP contribution in [0.5, 0.6) is 0 Å². The molecule has 0 atom stereocenters. The second-order valence-corrected chi connectivity index (χ2v) is 4.75. The number of aryl methyl sites for hydroxylation is 2. The van der Waals surface area contributed by atoms with Crippen molar-refractivity contribution in [3.8, 4) is 0 Å². The molecule has 0 radical (unpaired) electrons. The van der Waals surface area contributed by atoms with Crippen LogP contribution in [0.25, 0.3) is 0 Å². The Morgan fingerprint density at radius 1 is 1.61 bits per heavy atom. The number of carbonyl (C=O) groups excluding carboxylic acids is 1. The third kappa shape index (κ3) is 2.70. The Hall–Kier alpha value is -1.82. The largest absolute Gasteiger partial charge is 0.461 e. The van der Waals surface area contributed by atoms with Gasteiger partial charge in [-0.2, -0.15) is 0 Å². The molecule has 18 heavy (non-hydrogen) atoms. The molecule has 2 aromatic rings. The molecule has 2 heterocycles. The summed E-state index contributed by atoms with van der Waals surface area (Å²) in [5.74, 6) is -0.102. The van der Waals surface area contributed by atoms with Crippen LogP contribution in [0.15, 0.2) is 23.8 Å². The van der Waals surface area contributed by atoms with Crippen molar-refractivity contribution in [2.24, 2.45) is 0 Å². The summed E-state index contributed by atoms with van der Waals surface area (Å²) in [6.45, 7) is 2.78. The first kappa shape index (κ1) is 12.6. The summed E-state index contributed by atoms with van der Waals surface area (Å²) in [6.07, 6.45) is 2.45. The Bertz CT molecular complexity index is 519. The molecule has 2 N–H and O–H groups in total. The van der Waals surface area contributed by atoms with E-state index in [-0.39, 0.29) is 5.69 Å². The summed E-state index contributed by atoms with van der Waals surface area (Å²) in [6, 6.07) is 4.09. The predicted octanol–water partition coefficient (Wildman–Crippen LogP) is 1.95. The number of hydrogen-bond acceptors (Lipinski definition) is 5. The number of ether oxygens (including phenoxy) is 1. The molecule has 0 spiro atoms. The second-order valence-electron chi connectivity index (χ2n) is 3.72. The lowest BCUT2D eigenvalue weighted by atomic mass is 10.3. The van der Waals surface area contributed by atoms with E-state index in [4.69, 9.17) is 10.5 Å². The van der Waals surface area contributed by atoms with Gasteiger partial charge in [0.25, 0.3) is 0 Å². The molecular formula is C12H15N3O2S. The minimum Gasteiger partial charge on any atom is -0.461 e. The number of thiophene rings is 1. The maximum absolute atomic E-state index is 11.5. The smallest absolute Gasteiger partial charge is 0.360 e. The summed E-state index contributed by atoms with van der Waals surface area (Å²) in [5, 5.41) is 2.04. The lowest BCUT2D eigenvalue weighted by Crippen LogP contribution is -2.10. The first-order valence-corrected chi connectivity index (χ1v) is 6.60. The third-order valence-corrected chi connectivity index (χ3v) is 3.46. The zero-order valence-corrected chi connectivity index (χ0v) is 10.9. The Kier molecular flexibility index (Phi) is 3.99. The Labute approximate surface area is 109 Å². The van der Waals surface area contributed by atoms with Crippen LogP contribution in [0, 0.1) is 0 Å². The molecular weight excluding hydrogens is 250 g/mol. The van der Waals surface area contributed by atoms with Gasteiger partial charge in [-0.1, -0.05) is 6.07 Å². The van der Waals surface area contributed by atoms with E-state index in [1.54, 1.807) is 29.2 Å². The van der Waals surface area contributed by atoms with Gasteiger partial charge in [0, 0.05) is 11.4 Å². The minimum absolute atomic E-state index is 0.197. The van der Waals surface area contributed by atoms with E-state index in [0.717, 1.165) is 6.42 Å². The van der Waals surface area contributed by atoms with Crippen molar-refractivity contribution >= 4 is 23.1 Å². The molecule has 0 unspecified atom stereocenters. The number of imidazole rings is 1. The Morgan fingerprint density at radius 2 is 2.44 bits per heavy atom. The maximum atomic E-state index is 11.5. The van der Waals surface area contributed by atoms with Gasteiger partial charge in [0.05, 0.1) is 12.9 Å². The van der Waals surface area contributed by atoms with Crippen LogP contribution in [0.2, 0.25) is 0 Å². The number of aromatic nitrogens is 2. The van der Waals surface area contributed by atoms with Crippen molar-refractivity contribution in [3.63, 3.8) is 0 Å². The highest BCUT2D eigenvalue weighted by Gasteiger charge is 2.16. The summed E-state index contributed by atoms with van der Waals surface area (Å²) in [4.78, 5) is 16.8. The number of esters is 1. The van der Waals surface area contributed by atoms with Crippen LogP contribution in [-0.4, -0.2) is 22.1 Å². The van der Waals surface area contributed by atoms with Crippen LogP contribution in [0.4, 0.5) is 5.82 Å². The molecule has 0 fully saturated rings. The van der Waals surface area contributed by atoms with Crippen molar-refractivity contribution < 1.29 is 9.53 Å². The fourth-order valence-corrected chi connectivity index (χ4v) is 2.31. The van der Waals surface area contributed by atoms with Gasteiger partial charge in [-0.25, -0.2) is 9.78 Å². The summed E-state index contributed by atoms with van der Waals surface area (Å²) < 4.78 is 6.65. The van der Waals surface area contributed by atoms with Crippen molar-refractivity contribution in [2.75, 3.05) is 12.3 Å². The summed E-state index contributed by atoms with van der Waals surface area (Å²) >= 11 is 1.70. The average molecular weight is 265 g/mol. The molecule has 0 aliphatic carbocycles. The molecule has 2 aromatic heterocycles. The van der Waals surface area contributed by atoms with Gasteiger partial charge in [0.15, 0.2) is 5.69 Å². The highest BCUT2D eigenvalue weighted by atomic mass is 32.1. The molecule has 0 saturated carbocycles. The molecule has 0 aliphatic heterocycles. The standard InChI is InChI=1S/C12H15N3O2S/c1-2-17-12(16)10-11(13)15(8-14-10)6-5-9-4-3-7-18-9/h3-4,7-8H,2,5-6,13H2,1H3. The van der Waals surface area contributed by atoms with E-state index in [0.29, 0.717) is 19.0 Å². The fraction of sp³-hybridized carbons (Fsp3) is 0.333. The maximum Gasteiger partial charge on any atom is 0.360 e. The van der Waals surface area contributed by atoms with Gasteiger partial charge in [0.2, 0.25) is 0 Å². The lowest BCUT2D eigenvalue weighted by Gasteiger charge is -2.04.